The number of thiophene rings is 1. The van der Waals surface area contributed by atoms with Crippen LogP contribution in [0.4, 0.5) is 0 Å². The minimum absolute atomic E-state index is 0.162. The summed E-state index contributed by atoms with van der Waals surface area (Å²) in [7, 11) is 1.44. The molecule has 0 bridgehead atoms. The third-order valence-electron chi connectivity index (χ3n) is 3.39. The molecule has 5 heteroatoms. The fraction of sp³-hybridized carbons (Fsp3) is 0.615. The maximum Gasteiger partial charge on any atom is 0.319 e. The second kappa shape index (κ2) is 6.55. The van der Waals surface area contributed by atoms with Gasteiger partial charge in [-0.05, 0) is 25.0 Å². The first-order chi connectivity index (χ1) is 8.69. The smallest absolute Gasteiger partial charge is 0.319 e. The molecule has 0 aliphatic heterocycles. The van der Waals surface area contributed by atoms with Crippen LogP contribution in [-0.2, 0) is 16.1 Å². The number of nitrogens with zero attached hydrogens (tertiary/aromatic N) is 1. The summed E-state index contributed by atoms with van der Waals surface area (Å²) >= 11 is 7.53. The van der Waals surface area contributed by atoms with Gasteiger partial charge in [0.15, 0.2) is 0 Å². The number of halogens is 1. The Morgan fingerprint density at radius 3 is 2.78 bits per heavy atom. The highest BCUT2D eigenvalue weighted by Gasteiger charge is 2.25. The first kappa shape index (κ1) is 13.8. The van der Waals surface area contributed by atoms with E-state index in [9.17, 15) is 4.79 Å². The van der Waals surface area contributed by atoms with Gasteiger partial charge in [-0.3, -0.25) is 9.69 Å². The highest BCUT2D eigenvalue weighted by molar-refractivity contribution is 7.16. The summed E-state index contributed by atoms with van der Waals surface area (Å²) in [6.45, 7) is 1.16. The van der Waals surface area contributed by atoms with Crippen molar-refractivity contribution in [1.82, 2.24) is 4.90 Å². The lowest BCUT2D eigenvalue weighted by Crippen LogP contribution is -2.37. The van der Waals surface area contributed by atoms with E-state index in [2.05, 4.69) is 4.90 Å². The van der Waals surface area contributed by atoms with Crippen molar-refractivity contribution in [1.29, 1.82) is 0 Å². The van der Waals surface area contributed by atoms with Gasteiger partial charge in [-0.2, -0.15) is 0 Å². The number of hydrogen-bond donors (Lipinski definition) is 0. The second-order valence-electron chi connectivity index (χ2n) is 4.63. The maximum absolute atomic E-state index is 11.5. The molecule has 1 aliphatic carbocycles. The van der Waals surface area contributed by atoms with Crippen molar-refractivity contribution >= 4 is 28.9 Å². The molecule has 1 heterocycles. The summed E-state index contributed by atoms with van der Waals surface area (Å²) < 4.78 is 5.58. The summed E-state index contributed by atoms with van der Waals surface area (Å²) in [5.41, 5.74) is 0. The molecule has 3 nitrogen and oxygen atoms in total. The van der Waals surface area contributed by atoms with Gasteiger partial charge in [0.2, 0.25) is 0 Å². The molecule has 18 heavy (non-hydrogen) atoms. The van der Waals surface area contributed by atoms with Gasteiger partial charge in [0.05, 0.1) is 18.0 Å². The Kier molecular flexibility index (Phi) is 5.03. The number of carbonyl (C=O) groups excluding carboxylic acids is 1. The Morgan fingerprint density at radius 2 is 2.22 bits per heavy atom. The van der Waals surface area contributed by atoms with Gasteiger partial charge in [0, 0.05) is 17.5 Å². The van der Waals surface area contributed by atoms with Crippen LogP contribution in [0.15, 0.2) is 12.1 Å². The molecule has 1 aliphatic rings. The fourth-order valence-electron chi connectivity index (χ4n) is 2.45. The topological polar surface area (TPSA) is 29.5 Å². The van der Waals surface area contributed by atoms with Crippen LogP contribution in [0.25, 0.3) is 0 Å². The van der Waals surface area contributed by atoms with Crippen molar-refractivity contribution in [3.05, 3.63) is 21.3 Å². The molecule has 0 radical (unpaired) electrons. The second-order valence-corrected chi connectivity index (χ2v) is 6.42. The van der Waals surface area contributed by atoms with Gasteiger partial charge >= 0.3 is 5.97 Å². The van der Waals surface area contributed by atoms with E-state index in [4.69, 9.17) is 16.3 Å². The lowest BCUT2D eigenvalue weighted by Gasteiger charge is -2.27. The highest BCUT2D eigenvalue weighted by atomic mass is 35.5. The largest absolute Gasteiger partial charge is 0.468 e. The van der Waals surface area contributed by atoms with Crippen molar-refractivity contribution in [3.8, 4) is 0 Å². The Bertz CT molecular complexity index is 401. The molecule has 0 aromatic carbocycles. The zero-order valence-corrected chi connectivity index (χ0v) is 12.1. The molecule has 1 aromatic heterocycles. The van der Waals surface area contributed by atoms with Crippen molar-refractivity contribution in [2.75, 3.05) is 13.7 Å². The van der Waals surface area contributed by atoms with Crippen molar-refractivity contribution < 1.29 is 9.53 Å². The molecule has 0 spiro atoms. The summed E-state index contributed by atoms with van der Waals surface area (Å²) in [6, 6.07) is 4.45. The normalized spacial score (nSPS) is 16.4. The minimum atomic E-state index is -0.162. The maximum atomic E-state index is 11.5. The van der Waals surface area contributed by atoms with Crippen LogP contribution >= 0.6 is 22.9 Å². The summed E-state index contributed by atoms with van der Waals surface area (Å²) in [5.74, 6) is -0.162. The lowest BCUT2D eigenvalue weighted by atomic mass is 10.2. The van der Waals surface area contributed by atoms with E-state index in [1.54, 1.807) is 11.3 Å². The number of rotatable bonds is 5. The molecule has 1 aromatic rings. The summed E-state index contributed by atoms with van der Waals surface area (Å²) in [6.07, 6.45) is 4.87. The zero-order valence-electron chi connectivity index (χ0n) is 10.5. The predicted octanol–water partition coefficient (Wildman–Crippen LogP) is 3.32. The average molecular weight is 288 g/mol. The monoisotopic (exact) mass is 287 g/mol. The molecule has 0 atom stereocenters. The van der Waals surface area contributed by atoms with Gasteiger partial charge in [-0.1, -0.05) is 24.4 Å². The Hall–Kier alpha value is -0.580. The molecular formula is C13H18ClNO2S. The predicted molar refractivity (Wildman–Crippen MR) is 74.0 cm³/mol. The molecule has 0 unspecified atom stereocenters. The molecule has 0 amide bonds. The van der Waals surface area contributed by atoms with Crippen LogP contribution in [0.1, 0.15) is 30.6 Å². The molecule has 100 valence electrons. The summed E-state index contributed by atoms with van der Waals surface area (Å²) in [4.78, 5) is 14.9. The van der Waals surface area contributed by atoms with E-state index >= 15 is 0 Å². The Balaban J connectivity index is 2.01. The number of hydrogen-bond acceptors (Lipinski definition) is 4. The third-order valence-corrected chi connectivity index (χ3v) is 4.60. The molecule has 0 saturated heterocycles. The van der Waals surface area contributed by atoms with E-state index in [1.807, 2.05) is 12.1 Å². The summed E-state index contributed by atoms with van der Waals surface area (Å²) in [5, 5.41) is 0. The van der Waals surface area contributed by atoms with Crippen molar-refractivity contribution in [2.45, 2.75) is 38.3 Å². The van der Waals surface area contributed by atoms with Crippen LogP contribution in [0, 0.1) is 0 Å². The number of esters is 1. The zero-order chi connectivity index (χ0) is 13.0. The SMILES string of the molecule is COC(=O)CN(Cc1ccc(Cl)s1)C1CCCC1. The van der Waals surface area contributed by atoms with Gasteiger partial charge < -0.3 is 4.74 Å². The quantitative estimate of drug-likeness (QED) is 0.778. The molecule has 0 N–H and O–H groups in total. The number of ether oxygens (including phenoxy) is 1. The standard InChI is InChI=1S/C13H18ClNO2S/c1-17-13(16)9-15(10-4-2-3-5-10)8-11-6-7-12(14)18-11/h6-7,10H,2-5,8-9H2,1H3. The minimum Gasteiger partial charge on any atom is -0.468 e. The van der Waals surface area contributed by atoms with E-state index < -0.39 is 0 Å². The Morgan fingerprint density at radius 1 is 1.50 bits per heavy atom. The van der Waals surface area contributed by atoms with E-state index in [-0.39, 0.29) is 5.97 Å². The van der Waals surface area contributed by atoms with Gasteiger partial charge in [0.1, 0.15) is 0 Å². The van der Waals surface area contributed by atoms with E-state index in [1.165, 1.54) is 37.7 Å². The van der Waals surface area contributed by atoms with Crippen molar-refractivity contribution in [3.63, 3.8) is 0 Å². The first-order valence-electron chi connectivity index (χ1n) is 6.24. The van der Waals surface area contributed by atoms with Gasteiger partial charge in [-0.15, -0.1) is 11.3 Å². The van der Waals surface area contributed by atoms with Crippen LogP contribution in [0.5, 0.6) is 0 Å². The van der Waals surface area contributed by atoms with Crippen molar-refractivity contribution in [2.24, 2.45) is 0 Å². The molecule has 1 saturated carbocycles. The molecular weight excluding hydrogens is 270 g/mol. The average Bonchev–Trinajstić information content (AvgIpc) is 2.99. The van der Waals surface area contributed by atoms with Crippen LogP contribution in [0.2, 0.25) is 4.34 Å². The molecule has 1 fully saturated rings. The van der Waals surface area contributed by atoms with Crippen LogP contribution in [-0.4, -0.2) is 30.6 Å². The Labute approximate surface area is 117 Å². The molecule has 2 rings (SSSR count). The third kappa shape index (κ3) is 3.70. The van der Waals surface area contributed by atoms with Crippen LogP contribution < -0.4 is 0 Å². The highest BCUT2D eigenvalue weighted by Crippen LogP contribution is 2.28. The van der Waals surface area contributed by atoms with E-state index in [0.717, 1.165) is 10.9 Å². The lowest BCUT2D eigenvalue weighted by molar-refractivity contribution is -0.142. The first-order valence-corrected chi connectivity index (χ1v) is 7.43. The van der Waals surface area contributed by atoms with Gasteiger partial charge in [-0.25, -0.2) is 0 Å². The van der Waals surface area contributed by atoms with Crippen LogP contribution in [0.3, 0.4) is 0 Å². The number of carbonyl (C=O) groups is 1. The van der Waals surface area contributed by atoms with Gasteiger partial charge in [0.25, 0.3) is 0 Å². The fourth-order valence-corrected chi connectivity index (χ4v) is 3.56. The number of methoxy groups -OCH3 is 1. The van der Waals surface area contributed by atoms with E-state index in [0.29, 0.717) is 12.6 Å².